The van der Waals surface area contributed by atoms with Gasteiger partial charge in [-0.2, -0.15) is 0 Å². The van der Waals surface area contributed by atoms with Gasteiger partial charge in [0.1, 0.15) is 5.82 Å². The molecule has 0 spiro atoms. The number of hydrogen-bond donors (Lipinski definition) is 2. The van der Waals surface area contributed by atoms with Crippen LogP contribution in [0.4, 0.5) is 10.1 Å². The standard InChI is InChI=1S/C26H28FN5O2/c27-22-8-10-23(11-9-22)30-26(34)25(33)29-18-24(21-7-4-12-28-17-21)32-15-13-31(14-16-32)19-20-5-2-1-3-6-20/h1-12,17,24H,13-16,18-19H2,(H,29,33)(H,30,34)/t24-/m0/s1. The number of benzene rings is 2. The van der Waals surface area contributed by atoms with E-state index >= 15 is 0 Å². The van der Waals surface area contributed by atoms with Gasteiger partial charge in [0, 0.05) is 57.3 Å². The third-order valence-corrected chi connectivity index (χ3v) is 5.93. The summed E-state index contributed by atoms with van der Waals surface area (Å²) < 4.78 is 13.1. The molecule has 2 amide bonds. The summed E-state index contributed by atoms with van der Waals surface area (Å²) in [7, 11) is 0. The van der Waals surface area contributed by atoms with Crippen LogP contribution in [0.2, 0.25) is 0 Å². The molecule has 1 aliphatic heterocycles. The topological polar surface area (TPSA) is 77.6 Å². The van der Waals surface area contributed by atoms with Gasteiger partial charge < -0.3 is 10.6 Å². The van der Waals surface area contributed by atoms with Crippen LogP contribution in [0.15, 0.2) is 79.1 Å². The summed E-state index contributed by atoms with van der Waals surface area (Å²) in [6.07, 6.45) is 3.51. The Morgan fingerprint density at radius 2 is 1.65 bits per heavy atom. The molecule has 7 nitrogen and oxygen atoms in total. The molecule has 4 rings (SSSR count). The minimum atomic E-state index is -0.788. The molecule has 0 unspecified atom stereocenters. The number of hydrogen-bond acceptors (Lipinski definition) is 5. The molecule has 0 aliphatic carbocycles. The lowest BCUT2D eigenvalue weighted by molar-refractivity contribution is -0.136. The van der Waals surface area contributed by atoms with Gasteiger partial charge in [-0.25, -0.2) is 4.39 Å². The highest BCUT2D eigenvalue weighted by atomic mass is 19.1. The number of rotatable bonds is 7. The molecule has 0 bridgehead atoms. The van der Waals surface area contributed by atoms with E-state index in [0.29, 0.717) is 5.69 Å². The second-order valence-corrected chi connectivity index (χ2v) is 8.27. The Hall–Kier alpha value is -3.62. The van der Waals surface area contributed by atoms with Gasteiger partial charge in [0.05, 0.1) is 6.04 Å². The molecule has 1 aliphatic rings. The maximum Gasteiger partial charge on any atom is 0.313 e. The van der Waals surface area contributed by atoms with Crippen LogP contribution < -0.4 is 10.6 Å². The Balaban J connectivity index is 1.34. The van der Waals surface area contributed by atoms with Crippen molar-refractivity contribution in [3.8, 4) is 0 Å². The number of carbonyl (C=O) groups excluding carboxylic acids is 2. The molecule has 1 aromatic heterocycles. The summed E-state index contributed by atoms with van der Waals surface area (Å²) in [5.41, 5.74) is 2.64. The maximum atomic E-state index is 13.1. The van der Waals surface area contributed by atoms with E-state index in [9.17, 15) is 14.0 Å². The van der Waals surface area contributed by atoms with Crippen molar-refractivity contribution in [3.05, 3.63) is 96.1 Å². The van der Waals surface area contributed by atoms with Crippen molar-refractivity contribution >= 4 is 17.5 Å². The first kappa shape index (κ1) is 23.5. The lowest BCUT2D eigenvalue weighted by Gasteiger charge is -2.39. The Morgan fingerprint density at radius 1 is 0.912 bits per heavy atom. The highest BCUT2D eigenvalue weighted by molar-refractivity contribution is 6.39. The molecule has 2 heterocycles. The minimum Gasteiger partial charge on any atom is -0.346 e. The third-order valence-electron chi connectivity index (χ3n) is 5.93. The van der Waals surface area contributed by atoms with E-state index in [-0.39, 0.29) is 12.6 Å². The monoisotopic (exact) mass is 461 g/mol. The van der Waals surface area contributed by atoms with Gasteiger partial charge in [-0.3, -0.25) is 24.4 Å². The summed E-state index contributed by atoms with van der Waals surface area (Å²) in [5.74, 6) is -1.93. The maximum absolute atomic E-state index is 13.1. The van der Waals surface area contributed by atoms with Crippen LogP contribution in [0.5, 0.6) is 0 Å². The van der Waals surface area contributed by atoms with Gasteiger partial charge in [0.15, 0.2) is 0 Å². The van der Waals surface area contributed by atoms with Crippen LogP contribution in [0, 0.1) is 5.82 Å². The van der Waals surface area contributed by atoms with E-state index in [1.54, 1.807) is 12.4 Å². The molecule has 8 heteroatoms. The van der Waals surface area contributed by atoms with Crippen molar-refractivity contribution in [2.75, 3.05) is 38.0 Å². The van der Waals surface area contributed by atoms with Crippen LogP contribution in [0.25, 0.3) is 0 Å². The molecule has 1 fully saturated rings. The van der Waals surface area contributed by atoms with E-state index in [2.05, 4.69) is 49.7 Å². The molecule has 34 heavy (non-hydrogen) atoms. The Bertz CT molecular complexity index is 1070. The van der Waals surface area contributed by atoms with Gasteiger partial charge in [-0.1, -0.05) is 36.4 Å². The number of carbonyl (C=O) groups is 2. The van der Waals surface area contributed by atoms with Crippen LogP contribution in [0.1, 0.15) is 17.2 Å². The molecule has 2 N–H and O–H groups in total. The zero-order valence-electron chi connectivity index (χ0n) is 18.9. The number of aromatic nitrogens is 1. The third kappa shape index (κ3) is 6.46. The van der Waals surface area contributed by atoms with Crippen LogP contribution in [-0.2, 0) is 16.1 Å². The van der Waals surface area contributed by atoms with Crippen molar-refractivity contribution in [2.45, 2.75) is 12.6 Å². The zero-order valence-corrected chi connectivity index (χ0v) is 18.9. The van der Waals surface area contributed by atoms with E-state index in [0.717, 1.165) is 38.3 Å². The molecular weight excluding hydrogens is 433 g/mol. The first-order valence-electron chi connectivity index (χ1n) is 11.3. The molecule has 176 valence electrons. The average molecular weight is 462 g/mol. The lowest BCUT2D eigenvalue weighted by atomic mass is 10.1. The number of pyridine rings is 1. The summed E-state index contributed by atoms with van der Waals surface area (Å²) in [4.78, 5) is 33.7. The number of halogens is 1. The van der Waals surface area contributed by atoms with Crippen LogP contribution >= 0.6 is 0 Å². The van der Waals surface area contributed by atoms with Crippen LogP contribution in [0.3, 0.4) is 0 Å². The molecule has 2 aromatic carbocycles. The minimum absolute atomic E-state index is 0.102. The summed E-state index contributed by atoms with van der Waals surface area (Å²) >= 11 is 0. The first-order chi connectivity index (χ1) is 16.6. The van der Waals surface area contributed by atoms with Crippen molar-refractivity contribution in [1.82, 2.24) is 20.1 Å². The first-order valence-corrected chi connectivity index (χ1v) is 11.3. The predicted octanol–water partition coefficient (Wildman–Crippen LogP) is 2.83. The summed E-state index contributed by atoms with van der Waals surface area (Å²) in [5, 5.41) is 5.24. The number of anilines is 1. The molecule has 1 saturated heterocycles. The smallest absolute Gasteiger partial charge is 0.313 e. The van der Waals surface area contributed by atoms with Gasteiger partial charge in [0.2, 0.25) is 0 Å². The molecule has 1 atom stereocenters. The molecule has 0 radical (unpaired) electrons. The van der Waals surface area contributed by atoms with Gasteiger partial charge in [0.25, 0.3) is 0 Å². The second kappa shape index (κ2) is 11.5. The molecule has 3 aromatic rings. The SMILES string of the molecule is O=C(NC[C@@H](c1cccnc1)N1CCN(Cc2ccccc2)CC1)C(=O)Nc1ccc(F)cc1. The van der Waals surface area contributed by atoms with E-state index in [1.165, 1.54) is 29.8 Å². The van der Waals surface area contributed by atoms with Gasteiger partial charge in [-0.15, -0.1) is 0 Å². The predicted molar refractivity (Wildman–Crippen MR) is 128 cm³/mol. The van der Waals surface area contributed by atoms with E-state index in [4.69, 9.17) is 0 Å². The van der Waals surface area contributed by atoms with Gasteiger partial charge in [-0.05, 0) is 41.5 Å². The van der Waals surface area contributed by atoms with Crippen molar-refractivity contribution in [3.63, 3.8) is 0 Å². The van der Waals surface area contributed by atoms with Crippen LogP contribution in [-0.4, -0.2) is 59.3 Å². The largest absolute Gasteiger partial charge is 0.346 e. The Labute approximate surface area is 198 Å². The van der Waals surface area contributed by atoms with Crippen molar-refractivity contribution < 1.29 is 14.0 Å². The number of nitrogens with zero attached hydrogens (tertiary/aromatic N) is 3. The van der Waals surface area contributed by atoms with E-state index < -0.39 is 17.6 Å². The highest BCUT2D eigenvalue weighted by Gasteiger charge is 2.26. The number of piperazine rings is 1. The molecular formula is C26H28FN5O2. The highest BCUT2D eigenvalue weighted by Crippen LogP contribution is 2.22. The van der Waals surface area contributed by atoms with Gasteiger partial charge >= 0.3 is 11.8 Å². The fourth-order valence-corrected chi connectivity index (χ4v) is 4.10. The van der Waals surface area contributed by atoms with Crippen molar-refractivity contribution in [1.29, 1.82) is 0 Å². The Kier molecular flexibility index (Phi) is 7.95. The fraction of sp³-hybridized carbons (Fsp3) is 0.269. The van der Waals surface area contributed by atoms with Crippen molar-refractivity contribution in [2.24, 2.45) is 0 Å². The normalized spacial score (nSPS) is 15.4. The molecule has 0 saturated carbocycles. The lowest BCUT2D eigenvalue weighted by Crippen LogP contribution is -2.50. The quantitative estimate of drug-likeness (QED) is 0.529. The number of amides is 2. The zero-order chi connectivity index (χ0) is 23.8. The fourth-order valence-electron chi connectivity index (χ4n) is 4.10. The summed E-state index contributed by atoms with van der Waals surface area (Å²) in [6.45, 7) is 4.68. The second-order valence-electron chi connectivity index (χ2n) is 8.27. The summed E-state index contributed by atoms with van der Waals surface area (Å²) in [6, 6.07) is 19.4. The van der Waals surface area contributed by atoms with E-state index in [1.807, 2.05) is 18.2 Å². The number of nitrogens with one attached hydrogen (secondary N) is 2. The average Bonchev–Trinajstić information content (AvgIpc) is 2.87. The Morgan fingerprint density at radius 3 is 2.32 bits per heavy atom.